The highest BCUT2D eigenvalue weighted by atomic mass is 35.5. The van der Waals surface area contributed by atoms with Crippen LogP contribution in [-0.4, -0.2) is 44.8 Å². The largest absolute Gasteiger partial charge is 0.416 e. The van der Waals surface area contributed by atoms with Crippen LogP contribution in [0.5, 0.6) is 0 Å². The van der Waals surface area contributed by atoms with Crippen molar-refractivity contribution in [2.24, 2.45) is 0 Å². The van der Waals surface area contributed by atoms with E-state index in [1.54, 1.807) is 30.3 Å². The van der Waals surface area contributed by atoms with Crippen LogP contribution in [0.25, 0.3) is 0 Å². The van der Waals surface area contributed by atoms with Gasteiger partial charge in [0, 0.05) is 18.6 Å². The molecule has 39 heavy (non-hydrogen) atoms. The topological polar surface area (TPSA) is 86.8 Å². The van der Waals surface area contributed by atoms with Gasteiger partial charge in [-0.1, -0.05) is 53.5 Å². The number of carbonyl (C=O) groups is 2. The normalized spacial score (nSPS) is 12.5. The number of sulfonamides is 1. The molecular formula is C26H24Cl2F3N3O4S. The van der Waals surface area contributed by atoms with Gasteiger partial charge in [0.2, 0.25) is 11.8 Å². The molecule has 0 saturated heterocycles. The van der Waals surface area contributed by atoms with Crippen LogP contribution in [-0.2, 0) is 32.3 Å². The Morgan fingerprint density at radius 3 is 2.23 bits per heavy atom. The lowest BCUT2D eigenvalue weighted by Gasteiger charge is -2.32. The summed E-state index contributed by atoms with van der Waals surface area (Å²) in [6, 6.07) is 14.5. The number of nitrogens with zero attached hydrogens (tertiary/aromatic N) is 2. The maximum Gasteiger partial charge on any atom is 0.416 e. The molecule has 0 aliphatic heterocycles. The van der Waals surface area contributed by atoms with E-state index >= 15 is 0 Å². The molecular weight excluding hydrogens is 578 g/mol. The SMILES string of the molecule is CNC(=O)[C@@H](C)N(Cc1cccc(Cl)c1)C(=O)CN(c1cc(C(F)(F)F)ccc1Cl)S(=O)(=O)c1ccccc1. The van der Waals surface area contributed by atoms with Crippen molar-refractivity contribution in [2.75, 3.05) is 17.9 Å². The fourth-order valence-electron chi connectivity index (χ4n) is 3.74. The third kappa shape index (κ3) is 7.23. The third-order valence-electron chi connectivity index (χ3n) is 5.81. The smallest absolute Gasteiger partial charge is 0.357 e. The lowest BCUT2D eigenvalue weighted by Crippen LogP contribution is -2.50. The Kier molecular flexibility index (Phi) is 9.52. The zero-order chi connectivity index (χ0) is 29.0. The predicted octanol–water partition coefficient (Wildman–Crippen LogP) is 5.37. The second kappa shape index (κ2) is 12.3. The van der Waals surface area contributed by atoms with E-state index < -0.39 is 51.9 Å². The summed E-state index contributed by atoms with van der Waals surface area (Å²) in [4.78, 5) is 27.0. The molecule has 0 heterocycles. The Morgan fingerprint density at radius 1 is 0.974 bits per heavy atom. The first-order valence-electron chi connectivity index (χ1n) is 11.5. The van der Waals surface area contributed by atoms with E-state index in [0.29, 0.717) is 27.0 Å². The average Bonchev–Trinajstić information content (AvgIpc) is 2.89. The van der Waals surface area contributed by atoms with Gasteiger partial charge in [-0.2, -0.15) is 13.2 Å². The fraction of sp³-hybridized carbons (Fsp3) is 0.231. The average molecular weight is 602 g/mol. The number of likely N-dealkylation sites (N-methyl/N-ethyl adjacent to an activating group) is 1. The van der Waals surface area contributed by atoms with Crippen molar-refractivity contribution in [3.05, 3.63) is 94.0 Å². The number of rotatable bonds is 9. The van der Waals surface area contributed by atoms with Crippen LogP contribution in [0.1, 0.15) is 18.1 Å². The van der Waals surface area contributed by atoms with Gasteiger partial charge in [-0.05, 0) is 55.0 Å². The Labute approximate surface area is 234 Å². The van der Waals surface area contributed by atoms with Crippen LogP contribution in [0, 0.1) is 0 Å². The molecule has 13 heteroatoms. The van der Waals surface area contributed by atoms with Crippen molar-refractivity contribution in [3.63, 3.8) is 0 Å². The number of alkyl halides is 3. The summed E-state index contributed by atoms with van der Waals surface area (Å²) in [6.07, 6.45) is -4.81. The van der Waals surface area contributed by atoms with E-state index in [4.69, 9.17) is 23.2 Å². The molecule has 0 bridgehead atoms. The Bertz CT molecular complexity index is 1450. The summed E-state index contributed by atoms with van der Waals surface area (Å²) in [5.74, 6) is -1.40. The number of halogens is 5. The molecule has 3 rings (SSSR count). The lowest BCUT2D eigenvalue weighted by atomic mass is 10.1. The number of carbonyl (C=O) groups excluding carboxylic acids is 2. The molecule has 3 aromatic carbocycles. The van der Waals surface area contributed by atoms with Crippen molar-refractivity contribution in [2.45, 2.75) is 30.6 Å². The first kappa shape index (κ1) is 30.3. The minimum Gasteiger partial charge on any atom is -0.357 e. The molecule has 0 fully saturated rings. The number of benzene rings is 3. The lowest BCUT2D eigenvalue weighted by molar-refractivity contribution is -0.139. The molecule has 1 atom stereocenters. The van der Waals surface area contributed by atoms with Crippen molar-refractivity contribution in [1.29, 1.82) is 0 Å². The van der Waals surface area contributed by atoms with Gasteiger partial charge in [0.1, 0.15) is 12.6 Å². The molecule has 7 nitrogen and oxygen atoms in total. The van der Waals surface area contributed by atoms with Crippen molar-refractivity contribution < 1.29 is 31.2 Å². The predicted molar refractivity (Wildman–Crippen MR) is 143 cm³/mol. The van der Waals surface area contributed by atoms with E-state index in [9.17, 15) is 31.2 Å². The van der Waals surface area contributed by atoms with Crippen molar-refractivity contribution in [1.82, 2.24) is 10.2 Å². The second-order valence-corrected chi connectivity index (χ2v) is 11.1. The molecule has 208 valence electrons. The van der Waals surface area contributed by atoms with Gasteiger partial charge >= 0.3 is 6.18 Å². The second-order valence-electron chi connectivity index (χ2n) is 8.43. The molecule has 2 amide bonds. The molecule has 0 aliphatic carbocycles. The molecule has 1 N–H and O–H groups in total. The highest BCUT2D eigenvalue weighted by molar-refractivity contribution is 7.92. The van der Waals surface area contributed by atoms with Crippen LogP contribution >= 0.6 is 23.2 Å². The van der Waals surface area contributed by atoms with E-state index in [2.05, 4.69) is 5.32 Å². The minimum absolute atomic E-state index is 0.135. The van der Waals surface area contributed by atoms with E-state index in [0.717, 1.165) is 11.0 Å². The van der Waals surface area contributed by atoms with Gasteiger partial charge in [0.25, 0.3) is 10.0 Å². The van der Waals surface area contributed by atoms with Crippen molar-refractivity contribution in [3.8, 4) is 0 Å². The van der Waals surface area contributed by atoms with Gasteiger partial charge in [-0.3, -0.25) is 13.9 Å². The molecule has 3 aromatic rings. The summed E-state index contributed by atoms with van der Waals surface area (Å²) in [7, 11) is -3.22. The zero-order valence-electron chi connectivity index (χ0n) is 20.7. The summed E-state index contributed by atoms with van der Waals surface area (Å²) < 4.78 is 68.5. The molecule has 0 radical (unpaired) electrons. The summed E-state index contributed by atoms with van der Waals surface area (Å²) in [5, 5.41) is 2.48. The van der Waals surface area contributed by atoms with Gasteiger partial charge in [0.05, 0.1) is 21.2 Å². The Balaban J connectivity index is 2.13. The standard InChI is InChI=1S/C26H24Cl2F3N3O4S/c1-17(25(36)32-2)33(15-18-7-6-8-20(27)13-18)24(35)16-34(39(37,38)21-9-4-3-5-10-21)23-14-19(26(29,30)31)11-12-22(23)28/h3-14,17H,15-16H2,1-2H3,(H,32,36)/t17-/m1/s1. The zero-order valence-corrected chi connectivity index (χ0v) is 23.1. The highest BCUT2D eigenvalue weighted by Crippen LogP contribution is 2.37. The van der Waals surface area contributed by atoms with Gasteiger partial charge in [0.15, 0.2) is 0 Å². The van der Waals surface area contributed by atoms with E-state index in [1.165, 1.54) is 38.2 Å². The first-order chi connectivity index (χ1) is 18.3. The summed E-state index contributed by atoms with van der Waals surface area (Å²) in [5.41, 5.74) is -1.16. The van der Waals surface area contributed by atoms with Crippen LogP contribution in [0.3, 0.4) is 0 Å². The quantitative estimate of drug-likeness (QED) is 0.357. The van der Waals surface area contributed by atoms with E-state index in [-0.39, 0.29) is 16.5 Å². The number of anilines is 1. The van der Waals surface area contributed by atoms with Gasteiger partial charge in [-0.15, -0.1) is 0 Å². The monoisotopic (exact) mass is 601 g/mol. The molecule has 0 unspecified atom stereocenters. The van der Waals surface area contributed by atoms with Crippen LogP contribution in [0.4, 0.5) is 18.9 Å². The molecule has 0 spiro atoms. The fourth-order valence-corrected chi connectivity index (χ4v) is 5.67. The molecule has 0 saturated carbocycles. The number of nitrogens with one attached hydrogen (secondary N) is 1. The first-order valence-corrected chi connectivity index (χ1v) is 13.7. The van der Waals surface area contributed by atoms with Crippen LogP contribution in [0.2, 0.25) is 10.0 Å². The number of hydrogen-bond donors (Lipinski definition) is 1. The summed E-state index contributed by atoms with van der Waals surface area (Å²) >= 11 is 12.3. The Morgan fingerprint density at radius 2 is 1.64 bits per heavy atom. The van der Waals surface area contributed by atoms with E-state index in [1.807, 2.05) is 0 Å². The maximum atomic E-state index is 13.7. The highest BCUT2D eigenvalue weighted by Gasteiger charge is 2.36. The van der Waals surface area contributed by atoms with Crippen LogP contribution < -0.4 is 9.62 Å². The van der Waals surface area contributed by atoms with Crippen LogP contribution in [0.15, 0.2) is 77.7 Å². The molecule has 0 aliphatic rings. The number of amides is 2. The number of hydrogen-bond acceptors (Lipinski definition) is 4. The van der Waals surface area contributed by atoms with Gasteiger partial charge in [-0.25, -0.2) is 8.42 Å². The Hall–Kier alpha value is -3.28. The minimum atomic E-state index is -4.81. The van der Waals surface area contributed by atoms with Gasteiger partial charge < -0.3 is 10.2 Å². The maximum absolute atomic E-state index is 13.7. The van der Waals surface area contributed by atoms with Crippen molar-refractivity contribution >= 4 is 50.7 Å². The summed E-state index contributed by atoms with van der Waals surface area (Å²) in [6.45, 7) is 0.359. The molecule has 0 aromatic heterocycles. The third-order valence-corrected chi connectivity index (χ3v) is 8.14.